The Morgan fingerprint density at radius 3 is 2.94 bits per heavy atom. The maximum Gasteiger partial charge on any atom is 0.189 e. The van der Waals surface area contributed by atoms with Crippen molar-refractivity contribution in [3.05, 3.63) is 18.6 Å². The van der Waals surface area contributed by atoms with Crippen LogP contribution in [0.5, 0.6) is 5.75 Å². The maximum atomic E-state index is 5.72. The van der Waals surface area contributed by atoms with E-state index in [0.29, 0.717) is 17.3 Å². The summed E-state index contributed by atoms with van der Waals surface area (Å²) in [6.07, 6.45) is 3.14. The van der Waals surface area contributed by atoms with E-state index in [1.165, 1.54) is 6.33 Å². The van der Waals surface area contributed by atoms with Gasteiger partial charge in [-0.1, -0.05) is 0 Å². The quantitative estimate of drug-likeness (QED) is 0.831. The first-order valence-electron chi connectivity index (χ1n) is 4.94. The van der Waals surface area contributed by atoms with Crippen molar-refractivity contribution in [2.24, 2.45) is 0 Å². The van der Waals surface area contributed by atoms with Crippen molar-refractivity contribution in [3.8, 4) is 17.1 Å². The molecule has 0 aliphatic rings. The molecule has 6 heteroatoms. The fourth-order valence-electron chi connectivity index (χ4n) is 1.56. The molecule has 0 fully saturated rings. The summed E-state index contributed by atoms with van der Waals surface area (Å²) in [6, 6.07) is 1.87. The molecule has 84 valence electrons. The highest BCUT2D eigenvalue weighted by atomic mass is 16.5. The number of ether oxygens (including phenoxy) is 1. The smallest absolute Gasteiger partial charge is 0.189 e. The third-order valence-corrected chi connectivity index (χ3v) is 2.29. The third kappa shape index (κ3) is 1.58. The van der Waals surface area contributed by atoms with E-state index in [0.717, 1.165) is 12.2 Å². The van der Waals surface area contributed by atoms with Gasteiger partial charge in [-0.05, 0) is 13.0 Å². The third-order valence-electron chi connectivity index (χ3n) is 2.29. The van der Waals surface area contributed by atoms with Gasteiger partial charge < -0.3 is 10.5 Å². The van der Waals surface area contributed by atoms with E-state index in [9.17, 15) is 0 Å². The average Bonchev–Trinajstić information content (AvgIpc) is 2.76. The Morgan fingerprint density at radius 1 is 1.44 bits per heavy atom. The molecule has 0 bridgehead atoms. The fourth-order valence-corrected chi connectivity index (χ4v) is 1.56. The predicted octanol–water partition coefficient (Wildman–Crippen LogP) is 0.951. The molecule has 0 aromatic carbocycles. The van der Waals surface area contributed by atoms with E-state index in [-0.39, 0.29) is 0 Å². The van der Waals surface area contributed by atoms with Gasteiger partial charge in [-0.2, -0.15) is 5.10 Å². The Morgan fingerprint density at radius 2 is 2.25 bits per heavy atom. The zero-order valence-corrected chi connectivity index (χ0v) is 9.21. The van der Waals surface area contributed by atoms with Crippen molar-refractivity contribution in [2.45, 2.75) is 13.5 Å². The van der Waals surface area contributed by atoms with Crippen molar-refractivity contribution >= 4 is 5.82 Å². The van der Waals surface area contributed by atoms with Gasteiger partial charge in [0.25, 0.3) is 0 Å². The van der Waals surface area contributed by atoms with Crippen LogP contribution in [0.15, 0.2) is 18.6 Å². The lowest BCUT2D eigenvalue weighted by atomic mass is 10.2. The molecule has 0 atom stereocenters. The van der Waals surface area contributed by atoms with Gasteiger partial charge >= 0.3 is 0 Å². The Kier molecular flexibility index (Phi) is 2.72. The van der Waals surface area contributed by atoms with Crippen LogP contribution in [-0.4, -0.2) is 26.9 Å². The van der Waals surface area contributed by atoms with Crippen LogP contribution in [0, 0.1) is 0 Å². The molecule has 16 heavy (non-hydrogen) atoms. The number of hydrogen-bond donors (Lipinski definition) is 1. The van der Waals surface area contributed by atoms with Crippen LogP contribution in [0.1, 0.15) is 6.92 Å². The van der Waals surface area contributed by atoms with Gasteiger partial charge in [0.05, 0.1) is 12.8 Å². The number of nitrogen functional groups attached to an aromatic ring is 1. The Balaban J connectivity index is 2.60. The molecule has 0 aliphatic heterocycles. The molecule has 0 saturated heterocycles. The molecule has 2 aromatic rings. The maximum absolute atomic E-state index is 5.72. The van der Waals surface area contributed by atoms with Gasteiger partial charge in [-0.3, -0.25) is 4.68 Å². The SMILES string of the molecule is CCn1nccc1-c1ncnc(N)c1OC. The topological polar surface area (TPSA) is 78.9 Å². The van der Waals surface area contributed by atoms with Gasteiger partial charge in [0.1, 0.15) is 12.0 Å². The standard InChI is InChI=1S/C10H13N5O/c1-3-15-7(4-5-14-15)8-9(16-2)10(11)13-6-12-8/h4-6H,3H2,1-2H3,(H2,11,12,13). The molecular weight excluding hydrogens is 206 g/mol. The lowest BCUT2D eigenvalue weighted by Crippen LogP contribution is -2.04. The van der Waals surface area contributed by atoms with Gasteiger partial charge in [0, 0.05) is 12.7 Å². The largest absolute Gasteiger partial charge is 0.491 e. The van der Waals surface area contributed by atoms with E-state index in [1.54, 1.807) is 13.3 Å². The lowest BCUT2D eigenvalue weighted by Gasteiger charge is -2.09. The van der Waals surface area contributed by atoms with Crippen molar-refractivity contribution in [1.29, 1.82) is 0 Å². The van der Waals surface area contributed by atoms with Gasteiger partial charge in [-0.25, -0.2) is 9.97 Å². The number of nitrogens with two attached hydrogens (primary N) is 1. The number of anilines is 1. The first-order valence-corrected chi connectivity index (χ1v) is 4.94. The molecule has 0 aliphatic carbocycles. The summed E-state index contributed by atoms with van der Waals surface area (Å²) < 4.78 is 7.03. The summed E-state index contributed by atoms with van der Waals surface area (Å²) in [6.45, 7) is 2.77. The van der Waals surface area contributed by atoms with Crippen LogP contribution >= 0.6 is 0 Å². The number of aryl methyl sites for hydroxylation is 1. The number of hydrogen-bond acceptors (Lipinski definition) is 5. The average molecular weight is 219 g/mol. The van der Waals surface area contributed by atoms with Gasteiger partial charge in [-0.15, -0.1) is 0 Å². The highest BCUT2D eigenvalue weighted by molar-refractivity contribution is 5.68. The monoisotopic (exact) mass is 219 g/mol. The van der Waals surface area contributed by atoms with Crippen molar-refractivity contribution < 1.29 is 4.74 Å². The summed E-state index contributed by atoms with van der Waals surface area (Å²) in [7, 11) is 1.55. The summed E-state index contributed by atoms with van der Waals surface area (Å²) in [5.74, 6) is 0.814. The Labute approximate surface area is 93.1 Å². The normalized spacial score (nSPS) is 10.4. The van der Waals surface area contributed by atoms with Crippen LogP contribution in [0.25, 0.3) is 11.4 Å². The second-order valence-corrected chi connectivity index (χ2v) is 3.17. The highest BCUT2D eigenvalue weighted by Gasteiger charge is 2.14. The van der Waals surface area contributed by atoms with Crippen molar-refractivity contribution in [2.75, 3.05) is 12.8 Å². The minimum atomic E-state index is 0.330. The predicted molar refractivity (Wildman–Crippen MR) is 59.9 cm³/mol. The summed E-state index contributed by atoms with van der Waals surface area (Å²) in [5.41, 5.74) is 7.25. The molecule has 2 heterocycles. The first-order chi connectivity index (χ1) is 7.77. The Bertz CT molecular complexity index is 494. The zero-order chi connectivity index (χ0) is 11.5. The van der Waals surface area contributed by atoms with Crippen molar-refractivity contribution in [3.63, 3.8) is 0 Å². The highest BCUT2D eigenvalue weighted by Crippen LogP contribution is 2.30. The molecule has 0 spiro atoms. The van der Waals surface area contributed by atoms with Crippen LogP contribution in [-0.2, 0) is 6.54 Å². The zero-order valence-electron chi connectivity index (χ0n) is 9.21. The van der Waals surface area contributed by atoms with E-state index in [2.05, 4.69) is 15.1 Å². The molecular formula is C10H13N5O. The van der Waals surface area contributed by atoms with Crippen molar-refractivity contribution in [1.82, 2.24) is 19.7 Å². The molecule has 2 aromatic heterocycles. The molecule has 0 amide bonds. The van der Waals surface area contributed by atoms with Gasteiger partial charge in [0.2, 0.25) is 0 Å². The fraction of sp³-hybridized carbons (Fsp3) is 0.300. The summed E-state index contributed by atoms with van der Waals surface area (Å²) in [4.78, 5) is 8.07. The summed E-state index contributed by atoms with van der Waals surface area (Å²) >= 11 is 0. The number of aromatic nitrogens is 4. The molecule has 2 rings (SSSR count). The van der Waals surface area contributed by atoms with Crippen LogP contribution in [0.3, 0.4) is 0 Å². The summed E-state index contributed by atoms with van der Waals surface area (Å²) in [5, 5.41) is 4.18. The second-order valence-electron chi connectivity index (χ2n) is 3.17. The molecule has 0 radical (unpaired) electrons. The lowest BCUT2D eigenvalue weighted by molar-refractivity contribution is 0.414. The number of nitrogens with zero attached hydrogens (tertiary/aromatic N) is 4. The van der Waals surface area contributed by atoms with E-state index in [1.807, 2.05) is 17.7 Å². The van der Waals surface area contributed by atoms with E-state index in [4.69, 9.17) is 10.5 Å². The number of methoxy groups -OCH3 is 1. The number of rotatable bonds is 3. The van der Waals surface area contributed by atoms with E-state index >= 15 is 0 Å². The molecule has 0 unspecified atom stereocenters. The minimum absolute atomic E-state index is 0.330. The second kappa shape index (κ2) is 4.18. The molecule has 0 saturated carbocycles. The van der Waals surface area contributed by atoms with E-state index < -0.39 is 0 Å². The van der Waals surface area contributed by atoms with Crippen LogP contribution in [0.4, 0.5) is 5.82 Å². The molecule has 6 nitrogen and oxygen atoms in total. The minimum Gasteiger partial charge on any atom is -0.491 e. The van der Waals surface area contributed by atoms with Crippen LogP contribution in [0.2, 0.25) is 0 Å². The molecule has 2 N–H and O–H groups in total. The Hall–Kier alpha value is -2.11. The first kappa shape index (κ1) is 10.4. The van der Waals surface area contributed by atoms with Gasteiger partial charge in [0.15, 0.2) is 11.6 Å². The van der Waals surface area contributed by atoms with Crippen LogP contribution < -0.4 is 10.5 Å².